The predicted molar refractivity (Wildman–Crippen MR) is 136 cm³/mol. The molecule has 7 nitrogen and oxygen atoms in total. The molecule has 0 amide bonds. The van der Waals surface area contributed by atoms with Gasteiger partial charge in [-0.3, -0.25) is 4.72 Å². The van der Waals surface area contributed by atoms with E-state index in [4.69, 9.17) is 14.2 Å². The van der Waals surface area contributed by atoms with Crippen molar-refractivity contribution in [3.05, 3.63) is 83.7 Å². The Balaban J connectivity index is 1.51. The monoisotopic (exact) mass is 510 g/mol. The van der Waals surface area contributed by atoms with Gasteiger partial charge in [0, 0.05) is 11.6 Å². The van der Waals surface area contributed by atoms with Crippen molar-refractivity contribution in [2.45, 2.75) is 23.3 Å². The summed E-state index contributed by atoms with van der Waals surface area (Å²) in [5.41, 5.74) is 2.61. The average Bonchev–Trinajstić information content (AvgIpc) is 3.38. The van der Waals surface area contributed by atoms with Crippen LogP contribution in [0.2, 0.25) is 0 Å². The SMILES string of the molecule is COc1cc([C@@H]2Nc3ccc(S(=O)(=O)Nc4ccccc4F)cc3[C@@H]3C=CC[C@@H]32)cc(OC)c1OC. The highest BCUT2D eigenvalue weighted by Gasteiger charge is 2.39. The molecule has 0 radical (unpaired) electrons. The molecular weight excluding hydrogens is 483 g/mol. The molecule has 188 valence electrons. The largest absolute Gasteiger partial charge is 0.493 e. The van der Waals surface area contributed by atoms with Crippen molar-refractivity contribution >= 4 is 21.4 Å². The highest BCUT2D eigenvalue weighted by atomic mass is 32.2. The number of hydrogen-bond donors (Lipinski definition) is 2. The highest BCUT2D eigenvalue weighted by molar-refractivity contribution is 7.92. The molecular formula is C27H27FN2O5S. The molecule has 0 spiro atoms. The van der Waals surface area contributed by atoms with Crippen molar-refractivity contribution in [3.63, 3.8) is 0 Å². The van der Waals surface area contributed by atoms with E-state index in [2.05, 4.69) is 22.2 Å². The molecule has 3 atom stereocenters. The molecule has 0 fully saturated rings. The van der Waals surface area contributed by atoms with Crippen LogP contribution in [0.25, 0.3) is 0 Å². The van der Waals surface area contributed by atoms with Crippen molar-refractivity contribution in [1.82, 2.24) is 0 Å². The Hall–Kier alpha value is -3.72. The lowest BCUT2D eigenvalue weighted by Gasteiger charge is -2.38. The van der Waals surface area contributed by atoms with Crippen LogP contribution in [0.3, 0.4) is 0 Å². The minimum Gasteiger partial charge on any atom is -0.493 e. The quantitative estimate of drug-likeness (QED) is 0.410. The first kappa shape index (κ1) is 24.0. The fourth-order valence-electron chi connectivity index (χ4n) is 5.10. The zero-order valence-corrected chi connectivity index (χ0v) is 20.9. The molecule has 0 bridgehead atoms. The molecule has 9 heteroatoms. The fourth-order valence-corrected chi connectivity index (χ4v) is 6.20. The molecule has 0 saturated carbocycles. The zero-order valence-electron chi connectivity index (χ0n) is 20.1. The molecule has 36 heavy (non-hydrogen) atoms. The average molecular weight is 511 g/mol. The third-order valence-electron chi connectivity index (χ3n) is 6.81. The summed E-state index contributed by atoms with van der Waals surface area (Å²) in [7, 11) is 0.760. The molecule has 0 unspecified atom stereocenters. The van der Waals surface area contributed by atoms with Gasteiger partial charge in [0.2, 0.25) is 5.75 Å². The Morgan fingerprint density at radius 2 is 1.69 bits per heavy atom. The van der Waals surface area contributed by atoms with Gasteiger partial charge in [-0.1, -0.05) is 24.3 Å². The number of fused-ring (bicyclic) bond motifs is 3. The Labute approximate surface area is 209 Å². The Bertz CT molecular complexity index is 1410. The molecule has 3 aromatic carbocycles. The topological polar surface area (TPSA) is 85.9 Å². The van der Waals surface area contributed by atoms with E-state index in [1.807, 2.05) is 12.1 Å². The van der Waals surface area contributed by atoms with E-state index in [1.54, 1.807) is 39.5 Å². The van der Waals surface area contributed by atoms with E-state index < -0.39 is 15.8 Å². The second-order valence-corrected chi connectivity index (χ2v) is 10.5. The minimum atomic E-state index is -3.98. The maximum absolute atomic E-state index is 14.1. The molecule has 1 aliphatic carbocycles. The summed E-state index contributed by atoms with van der Waals surface area (Å²) in [4.78, 5) is 0.0802. The van der Waals surface area contributed by atoms with Crippen LogP contribution in [0.4, 0.5) is 15.8 Å². The number of halogens is 1. The van der Waals surface area contributed by atoms with Gasteiger partial charge in [0.15, 0.2) is 11.5 Å². The van der Waals surface area contributed by atoms with Crippen LogP contribution in [-0.4, -0.2) is 29.7 Å². The van der Waals surface area contributed by atoms with Gasteiger partial charge in [0.25, 0.3) is 10.0 Å². The first-order valence-electron chi connectivity index (χ1n) is 11.5. The van der Waals surface area contributed by atoms with Crippen molar-refractivity contribution in [2.24, 2.45) is 5.92 Å². The predicted octanol–water partition coefficient (Wildman–Crippen LogP) is 5.48. The van der Waals surface area contributed by atoms with Gasteiger partial charge < -0.3 is 19.5 Å². The van der Waals surface area contributed by atoms with Gasteiger partial charge in [0.05, 0.1) is 38.0 Å². The summed E-state index contributed by atoms with van der Waals surface area (Å²) >= 11 is 0. The van der Waals surface area contributed by atoms with Gasteiger partial charge in [-0.2, -0.15) is 0 Å². The Morgan fingerprint density at radius 3 is 2.36 bits per heavy atom. The number of allylic oxidation sites excluding steroid dienone is 2. The third-order valence-corrected chi connectivity index (χ3v) is 8.17. The maximum Gasteiger partial charge on any atom is 0.261 e. The number of hydrogen-bond acceptors (Lipinski definition) is 6. The van der Waals surface area contributed by atoms with Gasteiger partial charge in [-0.25, -0.2) is 12.8 Å². The molecule has 5 rings (SSSR count). The van der Waals surface area contributed by atoms with Crippen LogP contribution >= 0.6 is 0 Å². The van der Waals surface area contributed by atoms with E-state index in [0.29, 0.717) is 17.2 Å². The second-order valence-electron chi connectivity index (χ2n) is 8.77. The van der Waals surface area contributed by atoms with Gasteiger partial charge in [-0.15, -0.1) is 0 Å². The Kier molecular flexibility index (Phi) is 6.26. The smallest absolute Gasteiger partial charge is 0.261 e. The number of anilines is 2. The lowest BCUT2D eigenvalue weighted by atomic mass is 9.77. The van der Waals surface area contributed by atoms with Crippen LogP contribution in [0.1, 0.15) is 29.5 Å². The summed E-state index contributed by atoms with van der Waals surface area (Å²) in [6, 6.07) is 14.5. The number of methoxy groups -OCH3 is 3. The minimum absolute atomic E-state index is 0.00829. The van der Waals surface area contributed by atoms with Crippen LogP contribution in [-0.2, 0) is 10.0 Å². The molecule has 0 aromatic heterocycles. The zero-order chi connectivity index (χ0) is 25.4. The van der Waals surface area contributed by atoms with E-state index in [1.165, 1.54) is 24.3 Å². The number of benzene rings is 3. The van der Waals surface area contributed by atoms with E-state index in [9.17, 15) is 12.8 Å². The van der Waals surface area contributed by atoms with Crippen LogP contribution < -0.4 is 24.2 Å². The second kappa shape index (κ2) is 9.39. The summed E-state index contributed by atoms with van der Waals surface area (Å²) in [5.74, 6) is 1.20. The van der Waals surface area contributed by atoms with Crippen LogP contribution in [0.15, 0.2) is 71.6 Å². The summed E-state index contributed by atoms with van der Waals surface area (Å²) in [6.45, 7) is 0. The number of nitrogens with one attached hydrogen (secondary N) is 2. The van der Waals surface area contributed by atoms with Gasteiger partial charge >= 0.3 is 0 Å². The highest BCUT2D eigenvalue weighted by Crippen LogP contribution is 2.52. The molecule has 1 heterocycles. The molecule has 0 saturated heterocycles. The summed E-state index contributed by atoms with van der Waals surface area (Å²) in [5, 5.41) is 3.60. The lowest BCUT2D eigenvalue weighted by Crippen LogP contribution is -2.29. The van der Waals surface area contributed by atoms with Gasteiger partial charge in [0.1, 0.15) is 5.82 Å². The number of rotatable bonds is 7. The van der Waals surface area contributed by atoms with Crippen molar-refractivity contribution < 1.29 is 27.0 Å². The van der Waals surface area contributed by atoms with E-state index in [-0.39, 0.29) is 28.5 Å². The third kappa shape index (κ3) is 4.13. The number of ether oxygens (including phenoxy) is 3. The number of para-hydroxylation sites is 1. The van der Waals surface area contributed by atoms with Gasteiger partial charge in [-0.05, 0) is 65.9 Å². The molecule has 3 aromatic rings. The van der Waals surface area contributed by atoms with Crippen molar-refractivity contribution in [1.29, 1.82) is 0 Å². The van der Waals surface area contributed by atoms with Crippen LogP contribution in [0.5, 0.6) is 17.2 Å². The van der Waals surface area contributed by atoms with Crippen LogP contribution in [0, 0.1) is 11.7 Å². The lowest BCUT2D eigenvalue weighted by molar-refractivity contribution is 0.322. The van der Waals surface area contributed by atoms with Crippen molar-refractivity contribution in [2.75, 3.05) is 31.4 Å². The molecule has 2 N–H and O–H groups in total. The fraction of sp³-hybridized carbons (Fsp3) is 0.259. The van der Waals surface area contributed by atoms with E-state index in [0.717, 1.165) is 23.2 Å². The summed E-state index contributed by atoms with van der Waals surface area (Å²) < 4.78 is 59.1. The maximum atomic E-state index is 14.1. The normalized spacial score (nSPS) is 20.2. The Morgan fingerprint density at radius 1 is 0.972 bits per heavy atom. The first-order valence-corrected chi connectivity index (χ1v) is 13.0. The number of sulfonamides is 1. The summed E-state index contributed by atoms with van der Waals surface area (Å²) in [6.07, 6.45) is 5.06. The molecule has 2 aliphatic rings. The first-order chi connectivity index (χ1) is 17.4. The van der Waals surface area contributed by atoms with Crippen molar-refractivity contribution in [3.8, 4) is 17.2 Å². The standard InChI is InChI=1S/C27H27FN2O5S/c1-33-24-13-16(14-25(34-2)27(24)35-3)26-19-8-6-7-18(19)20-15-17(11-12-22(20)29-26)36(31,32)30-23-10-5-4-9-21(23)28/h4-7,9-15,18-19,26,29-30H,8H2,1-3H3/t18-,19+,26+/m1/s1. The molecule has 1 aliphatic heterocycles. The van der Waals surface area contributed by atoms with E-state index >= 15 is 0 Å².